The Morgan fingerprint density at radius 2 is 0.921 bits per heavy atom. The Kier molecular flexibility index (Phi) is 19.1. The van der Waals surface area contributed by atoms with Crippen molar-refractivity contribution in [2.24, 2.45) is 70.1 Å². The average molecular weight is 870 g/mol. The van der Waals surface area contributed by atoms with Gasteiger partial charge >= 0.3 is 0 Å². The summed E-state index contributed by atoms with van der Waals surface area (Å²) in [5.74, 6) is 2.89. The number of amidine groups is 1. The molecule has 3 atom stereocenters. The summed E-state index contributed by atoms with van der Waals surface area (Å²) in [6.45, 7) is 17.5. The Morgan fingerprint density at radius 3 is 1.24 bits per heavy atom. The highest BCUT2D eigenvalue weighted by molar-refractivity contribution is 5.87. The molecule has 2 aromatic rings. The van der Waals surface area contributed by atoms with E-state index in [-0.39, 0.29) is 59.4 Å². The highest BCUT2D eigenvalue weighted by Gasteiger charge is 2.29. The molecule has 0 bridgehead atoms. The predicted octanol–water partition coefficient (Wildman–Crippen LogP) is 6.34. The summed E-state index contributed by atoms with van der Waals surface area (Å²) in [6, 6.07) is 9.17. The van der Waals surface area contributed by atoms with Crippen LogP contribution in [0.3, 0.4) is 0 Å². The number of hydrogen-bond donors (Lipinski definition) is 7. The molecular formula is C48H79N13O2. The third-order valence-electron chi connectivity index (χ3n) is 11.8. The molecule has 15 nitrogen and oxygen atoms in total. The standard InChI is InChI=1S/C48H79N13O2/c1-31(49)56-20-10-14-32(15-11-21-57-44(50)51)34-24-36-28-60-40-18-8-9-19-41(40)61-29-37-25-35(33(16-12-22-58-45(52)53)17-13-23-59-46(54)55)27-39(48(5,6)7)43(37)63-30-62-42(36)38(26-34)47(2,3)4/h24-29,32-33,40-41H,8-23,30H2,1-7H3,(H2,49,56)(H4,50,51,57)(H4,52,53,58)(H4,54,55,59). The van der Waals surface area contributed by atoms with Crippen molar-refractivity contribution in [2.75, 3.05) is 33.0 Å². The van der Waals surface area contributed by atoms with Gasteiger partial charge in [-0.25, -0.2) is 0 Å². The number of nitrogens with two attached hydrogens (primary N) is 7. The normalized spacial score (nSPS) is 17.4. The molecule has 2 aromatic carbocycles. The number of nitrogens with zero attached hydrogens (tertiary/aromatic N) is 6. The van der Waals surface area contributed by atoms with Gasteiger partial charge in [-0.15, -0.1) is 0 Å². The summed E-state index contributed by atoms with van der Waals surface area (Å²) in [7, 11) is 0. The zero-order chi connectivity index (χ0) is 46.2. The molecule has 1 saturated carbocycles. The van der Waals surface area contributed by atoms with Crippen molar-refractivity contribution < 1.29 is 9.47 Å². The Labute approximate surface area is 377 Å². The van der Waals surface area contributed by atoms with Crippen molar-refractivity contribution in [3.05, 3.63) is 57.6 Å². The van der Waals surface area contributed by atoms with Crippen molar-refractivity contribution in [1.29, 1.82) is 0 Å². The van der Waals surface area contributed by atoms with Gasteiger partial charge in [0.1, 0.15) is 11.5 Å². The SMILES string of the molecule is CC(N)=NCCCC(CCCN=C(N)N)c1cc2c(c(C(C)(C)C)c1)OCOc1c(cc(C(CCCN=C(N)N)CCCN=C(N)N)cc1C(C)(C)C)C=NC1CCCCC1N=C2. The van der Waals surface area contributed by atoms with Gasteiger partial charge in [0.25, 0.3) is 0 Å². The van der Waals surface area contributed by atoms with Gasteiger partial charge in [0.05, 0.1) is 17.9 Å². The minimum Gasteiger partial charge on any atom is -0.456 e. The fraction of sp³-hybridized carbons (Fsp3) is 0.625. The summed E-state index contributed by atoms with van der Waals surface area (Å²) >= 11 is 0. The quantitative estimate of drug-likeness (QED) is 0.0499. The molecule has 4 rings (SSSR count). The van der Waals surface area contributed by atoms with E-state index >= 15 is 0 Å². The van der Waals surface area contributed by atoms with E-state index in [9.17, 15) is 0 Å². The first-order valence-corrected chi connectivity index (χ1v) is 22.9. The Bertz CT molecular complexity index is 1770. The van der Waals surface area contributed by atoms with Gasteiger partial charge in [-0.1, -0.05) is 66.5 Å². The number of ether oxygens (including phenoxy) is 2. The lowest BCUT2D eigenvalue weighted by Gasteiger charge is -2.29. The van der Waals surface area contributed by atoms with Crippen LogP contribution in [0.15, 0.2) is 54.2 Å². The average Bonchev–Trinajstić information content (AvgIpc) is 3.21. The molecular weight excluding hydrogens is 791 g/mol. The van der Waals surface area contributed by atoms with Gasteiger partial charge in [0.2, 0.25) is 6.79 Å². The lowest BCUT2D eigenvalue weighted by atomic mass is 9.80. The van der Waals surface area contributed by atoms with Gasteiger partial charge in [-0.05, 0) is 117 Å². The topological polar surface area (TPSA) is 275 Å². The molecule has 1 heterocycles. The number of aliphatic imine (C=N–C) groups is 6. The lowest BCUT2D eigenvalue weighted by Crippen LogP contribution is -2.27. The van der Waals surface area contributed by atoms with Crippen LogP contribution in [0.1, 0.15) is 171 Å². The summed E-state index contributed by atoms with van der Waals surface area (Å²) < 4.78 is 13.7. The van der Waals surface area contributed by atoms with Gasteiger partial charge in [0, 0.05) is 60.9 Å². The zero-order valence-electron chi connectivity index (χ0n) is 39.3. The third-order valence-corrected chi connectivity index (χ3v) is 11.8. The highest BCUT2D eigenvalue weighted by Crippen LogP contribution is 2.42. The summed E-state index contributed by atoms with van der Waals surface area (Å²) in [5, 5.41) is 0. The predicted molar refractivity (Wildman–Crippen MR) is 264 cm³/mol. The molecule has 1 fully saturated rings. The van der Waals surface area contributed by atoms with Crippen LogP contribution in [0.5, 0.6) is 11.5 Å². The third kappa shape index (κ3) is 16.4. The van der Waals surface area contributed by atoms with Crippen LogP contribution in [-0.2, 0) is 10.8 Å². The molecule has 348 valence electrons. The molecule has 15 heteroatoms. The zero-order valence-corrected chi connectivity index (χ0v) is 39.3. The molecule has 1 aliphatic carbocycles. The summed E-state index contributed by atoms with van der Waals surface area (Å²) in [4.78, 5) is 28.0. The van der Waals surface area contributed by atoms with E-state index in [0.717, 1.165) is 111 Å². The van der Waals surface area contributed by atoms with Crippen LogP contribution in [0, 0.1) is 0 Å². The van der Waals surface area contributed by atoms with E-state index in [1.165, 1.54) is 11.1 Å². The molecule has 63 heavy (non-hydrogen) atoms. The number of fused-ring (bicyclic) bond motifs is 3. The first-order valence-electron chi connectivity index (χ1n) is 22.9. The Hall–Kier alpha value is -5.34. The van der Waals surface area contributed by atoms with Crippen LogP contribution in [0.4, 0.5) is 0 Å². The fourth-order valence-electron chi connectivity index (χ4n) is 8.57. The van der Waals surface area contributed by atoms with Gasteiger partial charge in [-0.3, -0.25) is 30.0 Å². The van der Waals surface area contributed by atoms with Crippen LogP contribution in [0.2, 0.25) is 0 Å². The first-order chi connectivity index (χ1) is 29.8. The second-order valence-electron chi connectivity index (χ2n) is 19.3. The number of guanidine groups is 3. The monoisotopic (exact) mass is 870 g/mol. The summed E-state index contributed by atoms with van der Waals surface area (Å²) in [5.41, 5.74) is 45.9. The highest BCUT2D eigenvalue weighted by atomic mass is 16.7. The molecule has 0 spiro atoms. The lowest BCUT2D eigenvalue weighted by molar-refractivity contribution is 0.115. The van der Waals surface area contributed by atoms with Crippen molar-refractivity contribution in [2.45, 2.75) is 160 Å². The second kappa shape index (κ2) is 23.9. The van der Waals surface area contributed by atoms with Crippen LogP contribution in [-0.4, -0.2) is 81.2 Å². The maximum Gasteiger partial charge on any atom is 0.230 e. The Balaban J connectivity index is 1.85. The fourth-order valence-corrected chi connectivity index (χ4v) is 8.57. The van der Waals surface area contributed by atoms with E-state index < -0.39 is 0 Å². The van der Waals surface area contributed by atoms with Gasteiger partial charge in [-0.2, -0.15) is 0 Å². The molecule has 14 N–H and O–H groups in total. The largest absolute Gasteiger partial charge is 0.456 e. The van der Waals surface area contributed by atoms with Crippen LogP contribution >= 0.6 is 0 Å². The maximum atomic E-state index is 6.85. The molecule has 3 unspecified atom stereocenters. The number of rotatable bonds is 18. The molecule has 0 radical (unpaired) electrons. The molecule has 0 saturated heterocycles. The van der Waals surface area contributed by atoms with Gasteiger partial charge < -0.3 is 49.6 Å². The summed E-state index contributed by atoms with van der Waals surface area (Å²) in [6.07, 6.45) is 15.2. The first kappa shape index (κ1) is 50.3. The number of benzene rings is 2. The van der Waals surface area contributed by atoms with Crippen molar-refractivity contribution in [1.82, 2.24) is 0 Å². The van der Waals surface area contributed by atoms with Crippen molar-refractivity contribution in [3.8, 4) is 11.5 Å². The van der Waals surface area contributed by atoms with Crippen molar-refractivity contribution >= 4 is 36.1 Å². The van der Waals surface area contributed by atoms with Gasteiger partial charge in [0.15, 0.2) is 17.9 Å². The molecule has 1 aliphatic heterocycles. The van der Waals surface area contributed by atoms with E-state index in [1.54, 1.807) is 0 Å². The minimum atomic E-state index is -0.271. The van der Waals surface area contributed by atoms with E-state index in [2.05, 4.69) is 85.8 Å². The van der Waals surface area contributed by atoms with E-state index in [0.29, 0.717) is 32.0 Å². The van der Waals surface area contributed by atoms with Crippen LogP contribution < -0.4 is 49.6 Å². The Morgan fingerprint density at radius 1 is 0.571 bits per heavy atom. The van der Waals surface area contributed by atoms with E-state index in [1.807, 2.05) is 19.4 Å². The smallest absolute Gasteiger partial charge is 0.230 e. The molecule has 2 aliphatic rings. The van der Waals surface area contributed by atoms with E-state index in [4.69, 9.17) is 59.6 Å². The van der Waals surface area contributed by atoms with Crippen molar-refractivity contribution in [3.63, 3.8) is 0 Å². The molecule has 0 amide bonds. The maximum absolute atomic E-state index is 6.85. The second-order valence-corrected chi connectivity index (χ2v) is 19.3. The number of hydrogen-bond acceptors (Lipinski definition) is 8. The molecule has 0 aromatic heterocycles. The minimum absolute atomic E-state index is 0.00175. The van der Waals surface area contributed by atoms with Crippen LogP contribution in [0.25, 0.3) is 0 Å².